The fourth-order valence-electron chi connectivity index (χ4n) is 1.80. The molecule has 1 atom stereocenters. The largest absolute Gasteiger partial charge is 0.395 e. The van der Waals surface area contributed by atoms with Gasteiger partial charge >= 0.3 is 0 Å². The van der Waals surface area contributed by atoms with E-state index in [1.165, 1.54) is 0 Å². The second kappa shape index (κ2) is 7.31. The third kappa shape index (κ3) is 5.33. The van der Waals surface area contributed by atoms with Gasteiger partial charge in [-0.1, -0.05) is 0 Å². The first-order valence-electron chi connectivity index (χ1n) is 6.20. The standard InChI is InChI=1S/C11H23N2O3S/c1-11(10-14)12-6-5-9-17(15,16)13-7-3-2-4-8-13/h2,11-12,14H,3-10H2,1H3. The van der Waals surface area contributed by atoms with E-state index in [9.17, 15) is 8.42 Å². The molecule has 5 nitrogen and oxygen atoms in total. The molecule has 1 saturated heterocycles. The molecule has 1 radical (unpaired) electrons. The molecule has 0 aromatic heterocycles. The van der Waals surface area contributed by atoms with Gasteiger partial charge in [0.15, 0.2) is 0 Å². The van der Waals surface area contributed by atoms with Gasteiger partial charge in [0.2, 0.25) is 10.0 Å². The third-order valence-corrected chi connectivity index (χ3v) is 4.86. The van der Waals surface area contributed by atoms with Crippen molar-refractivity contribution in [2.75, 3.05) is 32.0 Å². The topological polar surface area (TPSA) is 69.6 Å². The number of piperidine rings is 1. The monoisotopic (exact) mass is 263 g/mol. The summed E-state index contributed by atoms with van der Waals surface area (Å²) in [5, 5.41) is 11.9. The number of rotatable bonds is 7. The number of aliphatic hydroxyl groups excluding tert-OH is 1. The van der Waals surface area contributed by atoms with Crippen LogP contribution in [-0.4, -0.2) is 55.9 Å². The lowest BCUT2D eigenvalue weighted by Crippen LogP contribution is -2.38. The summed E-state index contributed by atoms with van der Waals surface area (Å²) < 4.78 is 25.5. The molecule has 0 aromatic rings. The fourth-order valence-corrected chi connectivity index (χ4v) is 3.34. The lowest BCUT2D eigenvalue weighted by atomic mass is 10.2. The zero-order valence-electron chi connectivity index (χ0n) is 10.4. The Bertz CT molecular complexity index is 300. The zero-order chi connectivity index (χ0) is 12.7. The summed E-state index contributed by atoms with van der Waals surface area (Å²) in [6.45, 7) is 3.83. The van der Waals surface area contributed by atoms with Crippen LogP contribution >= 0.6 is 0 Å². The third-order valence-electron chi connectivity index (χ3n) is 2.90. The molecule has 1 heterocycles. The highest BCUT2D eigenvalue weighted by Gasteiger charge is 2.23. The summed E-state index contributed by atoms with van der Waals surface area (Å²) in [6.07, 6.45) is 4.45. The van der Waals surface area contributed by atoms with E-state index in [0.717, 1.165) is 12.8 Å². The molecule has 0 spiro atoms. The molecular weight excluding hydrogens is 240 g/mol. The summed E-state index contributed by atoms with van der Waals surface area (Å²) in [7, 11) is -3.08. The molecule has 0 amide bonds. The van der Waals surface area contributed by atoms with E-state index >= 15 is 0 Å². The van der Waals surface area contributed by atoms with Crippen LogP contribution < -0.4 is 5.32 Å². The smallest absolute Gasteiger partial charge is 0.214 e. The summed E-state index contributed by atoms with van der Waals surface area (Å²) in [5.74, 6) is 0.193. The van der Waals surface area contributed by atoms with Crippen molar-refractivity contribution in [3.63, 3.8) is 0 Å². The number of hydrogen-bond acceptors (Lipinski definition) is 4. The quantitative estimate of drug-likeness (QED) is 0.633. The van der Waals surface area contributed by atoms with Gasteiger partial charge in [-0.3, -0.25) is 0 Å². The van der Waals surface area contributed by atoms with Crippen LogP contribution in [0.1, 0.15) is 26.2 Å². The number of aliphatic hydroxyl groups is 1. The molecule has 1 fully saturated rings. The van der Waals surface area contributed by atoms with Gasteiger partial charge in [-0.25, -0.2) is 12.7 Å². The molecule has 2 N–H and O–H groups in total. The van der Waals surface area contributed by atoms with Gasteiger partial charge in [-0.05, 0) is 39.2 Å². The maximum Gasteiger partial charge on any atom is 0.214 e. The molecule has 0 bridgehead atoms. The summed E-state index contributed by atoms with van der Waals surface area (Å²) in [5.41, 5.74) is 0. The molecule has 0 saturated carbocycles. The molecular formula is C11H23N2O3S. The Morgan fingerprint density at radius 1 is 1.41 bits per heavy atom. The second-order valence-corrected chi connectivity index (χ2v) is 6.56. The minimum atomic E-state index is -3.08. The minimum absolute atomic E-state index is 0.0299. The van der Waals surface area contributed by atoms with Crippen LogP contribution in [0, 0.1) is 6.42 Å². The Kier molecular flexibility index (Phi) is 6.40. The number of sulfonamides is 1. The maximum absolute atomic E-state index is 11.9. The average molecular weight is 263 g/mol. The van der Waals surface area contributed by atoms with Crippen molar-refractivity contribution in [3.05, 3.63) is 6.42 Å². The van der Waals surface area contributed by atoms with E-state index in [2.05, 4.69) is 11.7 Å². The van der Waals surface area contributed by atoms with E-state index in [1.807, 2.05) is 6.92 Å². The highest BCUT2D eigenvalue weighted by atomic mass is 32.2. The molecule has 0 aromatic carbocycles. The first-order chi connectivity index (χ1) is 8.06. The van der Waals surface area contributed by atoms with Gasteiger partial charge in [0.05, 0.1) is 12.4 Å². The van der Waals surface area contributed by atoms with Crippen molar-refractivity contribution in [1.29, 1.82) is 0 Å². The summed E-state index contributed by atoms with van der Waals surface area (Å²) in [4.78, 5) is 0. The first kappa shape index (κ1) is 14.9. The van der Waals surface area contributed by atoms with Crippen LogP contribution in [-0.2, 0) is 10.0 Å². The van der Waals surface area contributed by atoms with Crippen LogP contribution in [0.4, 0.5) is 0 Å². The fraction of sp³-hybridized carbons (Fsp3) is 0.909. The molecule has 0 aliphatic carbocycles. The van der Waals surface area contributed by atoms with Crippen LogP contribution in [0.2, 0.25) is 0 Å². The molecule has 1 unspecified atom stereocenters. The van der Waals surface area contributed by atoms with E-state index in [4.69, 9.17) is 5.11 Å². The average Bonchev–Trinajstić information content (AvgIpc) is 2.35. The van der Waals surface area contributed by atoms with Crippen molar-refractivity contribution < 1.29 is 13.5 Å². The molecule has 101 valence electrons. The van der Waals surface area contributed by atoms with E-state index in [1.54, 1.807) is 4.31 Å². The van der Waals surface area contributed by atoms with Gasteiger partial charge in [-0.2, -0.15) is 0 Å². The van der Waals surface area contributed by atoms with Crippen LogP contribution in [0.15, 0.2) is 0 Å². The van der Waals surface area contributed by atoms with Crippen LogP contribution in [0.25, 0.3) is 0 Å². The van der Waals surface area contributed by atoms with Crippen molar-refractivity contribution in [1.82, 2.24) is 9.62 Å². The van der Waals surface area contributed by atoms with Crippen LogP contribution in [0.5, 0.6) is 0 Å². The normalized spacial score (nSPS) is 20.4. The highest BCUT2D eigenvalue weighted by molar-refractivity contribution is 7.89. The predicted octanol–water partition coefficient (Wildman–Crippen LogP) is -0.0232. The van der Waals surface area contributed by atoms with Crippen molar-refractivity contribution >= 4 is 10.0 Å². The van der Waals surface area contributed by atoms with Gasteiger partial charge in [0.1, 0.15) is 0 Å². The van der Waals surface area contributed by atoms with E-state index in [0.29, 0.717) is 26.1 Å². The summed E-state index contributed by atoms with van der Waals surface area (Å²) >= 11 is 0. The van der Waals surface area contributed by atoms with Gasteiger partial charge in [0, 0.05) is 19.1 Å². The molecule has 1 rings (SSSR count). The first-order valence-corrected chi connectivity index (χ1v) is 7.81. The predicted molar refractivity (Wildman–Crippen MR) is 68.1 cm³/mol. The SMILES string of the molecule is CC(CO)NCCCS(=O)(=O)N1CC[CH]CC1. The van der Waals surface area contributed by atoms with Gasteiger partial charge < -0.3 is 10.4 Å². The van der Waals surface area contributed by atoms with E-state index < -0.39 is 10.0 Å². The van der Waals surface area contributed by atoms with Gasteiger partial charge in [0.25, 0.3) is 0 Å². The maximum atomic E-state index is 11.9. The van der Waals surface area contributed by atoms with E-state index in [-0.39, 0.29) is 18.4 Å². The number of nitrogens with zero attached hydrogens (tertiary/aromatic N) is 1. The van der Waals surface area contributed by atoms with Crippen molar-refractivity contribution in [2.24, 2.45) is 0 Å². The van der Waals surface area contributed by atoms with Crippen LogP contribution in [0.3, 0.4) is 0 Å². The highest BCUT2D eigenvalue weighted by Crippen LogP contribution is 2.13. The minimum Gasteiger partial charge on any atom is -0.395 e. The lowest BCUT2D eigenvalue weighted by molar-refractivity contribution is 0.252. The Morgan fingerprint density at radius 3 is 2.65 bits per heavy atom. The molecule has 6 heteroatoms. The molecule has 1 aliphatic rings. The van der Waals surface area contributed by atoms with Crippen molar-refractivity contribution in [3.8, 4) is 0 Å². The Balaban J connectivity index is 2.24. The zero-order valence-corrected chi connectivity index (χ0v) is 11.2. The summed E-state index contributed by atoms with van der Waals surface area (Å²) in [6, 6.07) is 0.0299. The molecule has 17 heavy (non-hydrogen) atoms. The number of hydrogen-bond donors (Lipinski definition) is 2. The molecule has 1 aliphatic heterocycles. The number of nitrogens with one attached hydrogen (secondary N) is 1. The Hall–Kier alpha value is -0.170. The van der Waals surface area contributed by atoms with Gasteiger partial charge in [-0.15, -0.1) is 0 Å². The van der Waals surface area contributed by atoms with Crippen molar-refractivity contribution in [2.45, 2.75) is 32.2 Å². The Morgan fingerprint density at radius 2 is 2.06 bits per heavy atom. The second-order valence-electron chi connectivity index (χ2n) is 4.47. The Labute approximate surface area is 104 Å². The lowest BCUT2D eigenvalue weighted by Gasteiger charge is -2.25.